The van der Waals surface area contributed by atoms with Crippen LogP contribution >= 0.6 is 11.6 Å². The lowest BCUT2D eigenvalue weighted by atomic mass is 10.1. The molecule has 2 rings (SSSR count). The Hall–Kier alpha value is -2.64. The van der Waals surface area contributed by atoms with E-state index in [0.29, 0.717) is 6.54 Å². The van der Waals surface area contributed by atoms with Gasteiger partial charge in [-0.1, -0.05) is 23.7 Å². The zero-order valence-electron chi connectivity index (χ0n) is 16.3. The second-order valence-electron chi connectivity index (χ2n) is 6.91. The highest BCUT2D eigenvalue weighted by Crippen LogP contribution is 2.19. The van der Waals surface area contributed by atoms with Crippen molar-refractivity contribution in [3.05, 3.63) is 58.9 Å². The molecule has 0 heterocycles. The number of carbonyl (C=O) groups is 2. The molecule has 0 saturated carbocycles. The lowest BCUT2D eigenvalue weighted by Gasteiger charge is -2.23. The molecule has 0 unspecified atom stereocenters. The smallest absolute Gasteiger partial charge is 0.313 e. The fourth-order valence-corrected chi connectivity index (χ4v) is 2.88. The lowest BCUT2D eigenvalue weighted by molar-refractivity contribution is -0.890. The predicted octanol–water partition coefficient (Wildman–Crippen LogP) is 1.49. The van der Waals surface area contributed by atoms with Crippen LogP contribution in [0.25, 0.3) is 0 Å². The molecule has 0 bridgehead atoms. The number of rotatable bonds is 6. The van der Waals surface area contributed by atoms with Crippen molar-refractivity contribution in [3.63, 3.8) is 0 Å². The molecular formula is C20H25ClFN4O2+. The van der Waals surface area contributed by atoms with Crippen LogP contribution in [0.2, 0.25) is 5.02 Å². The van der Waals surface area contributed by atoms with Crippen LogP contribution in [0.15, 0.2) is 42.5 Å². The molecule has 0 saturated heterocycles. The third kappa shape index (κ3) is 5.68. The number of carbonyl (C=O) groups excluding carboxylic acids is 2. The Morgan fingerprint density at radius 3 is 2.29 bits per heavy atom. The quantitative estimate of drug-likeness (QED) is 0.636. The van der Waals surface area contributed by atoms with Gasteiger partial charge in [0.25, 0.3) is 0 Å². The van der Waals surface area contributed by atoms with Gasteiger partial charge in [-0.25, -0.2) is 4.39 Å². The highest BCUT2D eigenvalue weighted by Gasteiger charge is 2.21. The molecule has 0 aliphatic carbocycles. The molecular weight excluding hydrogens is 383 g/mol. The summed E-state index contributed by atoms with van der Waals surface area (Å²) in [6.45, 7) is 0.292. The number of likely N-dealkylation sites (N-methyl/N-ethyl adjacent to an activating group) is 1. The molecule has 2 aromatic carbocycles. The SMILES string of the molecule is CN(C)c1ccc([C@H](CNC(=O)C(=O)Nc2ccc(F)c(Cl)c2)[NH+](C)C)cc1. The van der Waals surface area contributed by atoms with Crippen LogP contribution in [0.1, 0.15) is 11.6 Å². The molecule has 28 heavy (non-hydrogen) atoms. The van der Waals surface area contributed by atoms with Crippen LogP contribution in [-0.4, -0.2) is 46.5 Å². The minimum absolute atomic E-state index is 0.0202. The van der Waals surface area contributed by atoms with Gasteiger partial charge in [-0.2, -0.15) is 0 Å². The maximum absolute atomic E-state index is 13.2. The Morgan fingerprint density at radius 2 is 1.75 bits per heavy atom. The zero-order chi connectivity index (χ0) is 20.8. The molecule has 0 spiro atoms. The van der Waals surface area contributed by atoms with E-state index in [1.54, 1.807) is 0 Å². The molecule has 2 aromatic rings. The first-order valence-corrected chi connectivity index (χ1v) is 9.18. The first-order valence-electron chi connectivity index (χ1n) is 8.80. The average molecular weight is 408 g/mol. The summed E-state index contributed by atoms with van der Waals surface area (Å²) >= 11 is 5.68. The number of amides is 2. The summed E-state index contributed by atoms with van der Waals surface area (Å²) in [6.07, 6.45) is 0. The van der Waals surface area contributed by atoms with Gasteiger partial charge in [0.2, 0.25) is 0 Å². The van der Waals surface area contributed by atoms with E-state index in [0.717, 1.165) is 22.2 Å². The molecule has 3 N–H and O–H groups in total. The maximum Gasteiger partial charge on any atom is 0.313 e. The first kappa shape index (κ1) is 21.7. The lowest BCUT2D eigenvalue weighted by Crippen LogP contribution is -3.07. The van der Waals surface area contributed by atoms with Crippen LogP contribution in [0, 0.1) is 5.82 Å². The van der Waals surface area contributed by atoms with Crippen LogP contribution in [0.3, 0.4) is 0 Å². The standard InChI is InChI=1S/C20H24ClFN4O2/c1-25(2)15-8-5-13(6-9-15)18(26(3)4)12-23-19(27)20(28)24-14-7-10-17(22)16(21)11-14/h5-11,18H,12H2,1-4H3,(H,23,27)(H,24,28)/p+1/t18-/m0/s1. The Morgan fingerprint density at radius 1 is 1.11 bits per heavy atom. The van der Waals surface area contributed by atoms with E-state index in [4.69, 9.17) is 11.6 Å². The Labute approximate surface area is 169 Å². The van der Waals surface area contributed by atoms with E-state index in [1.807, 2.05) is 57.4 Å². The number of nitrogens with one attached hydrogen (secondary N) is 3. The van der Waals surface area contributed by atoms with Crippen molar-refractivity contribution >= 4 is 34.8 Å². The van der Waals surface area contributed by atoms with Crippen molar-refractivity contribution in [2.24, 2.45) is 0 Å². The van der Waals surface area contributed by atoms with Crippen molar-refractivity contribution in [2.45, 2.75) is 6.04 Å². The Kier molecular flexibility index (Phi) is 7.37. The average Bonchev–Trinajstić information content (AvgIpc) is 2.64. The van der Waals surface area contributed by atoms with Gasteiger partial charge in [-0.05, 0) is 30.3 Å². The highest BCUT2D eigenvalue weighted by molar-refractivity contribution is 6.39. The summed E-state index contributed by atoms with van der Waals surface area (Å²) in [7, 11) is 7.90. The predicted molar refractivity (Wildman–Crippen MR) is 109 cm³/mol. The molecule has 0 aliphatic rings. The van der Waals surface area contributed by atoms with Crippen molar-refractivity contribution in [3.8, 4) is 0 Å². The summed E-state index contributed by atoms with van der Waals surface area (Å²) in [5.41, 5.74) is 2.38. The zero-order valence-corrected chi connectivity index (χ0v) is 17.1. The largest absolute Gasteiger partial charge is 0.378 e. The number of benzene rings is 2. The molecule has 8 heteroatoms. The van der Waals surface area contributed by atoms with Crippen LogP contribution in [0.5, 0.6) is 0 Å². The third-order valence-corrected chi connectivity index (χ3v) is 4.65. The van der Waals surface area contributed by atoms with E-state index in [-0.39, 0.29) is 16.8 Å². The fourth-order valence-electron chi connectivity index (χ4n) is 2.70. The number of anilines is 2. The molecule has 150 valence electrons. The second kappa shape index (κ2) is 9.52. The number of nitrogens with zero attached hydrogens (tertiary/aromatic N) is 1. The Bertz CT molecular complexity index is 841. The van der Waals surface area contributed by atoms with Gasteiger partial charge in [-0.3, -0.25) is 9.59 Å². The van der Waals surface area contributed by atoms with E-state index in [9.17, 15) is 14.0 Å². The molecule has 0 aromatic heterocycles. The van der Waals surface area contributed by atoms with Gasteiger partial charge >= 0.3 is 11.8 Å². The van der Waals surface area contributed by atoms with E-state index < -0.39 is 17.6 Å². The molecule has 0 fully saturated rings. The summed E-state index contributed by atoms with van der Waals surface area (Å²) in [4.78, 5) is 27.4. The van der Waals surface area contributed by atoms with Gasteiger partial charge in [-0.15, -0.1) is 0 Å². The minimum atomic E-state index is -0.835. The monoisotopic (exact) mass is 407 g/mol. The maximum atomic E-state index is 13.2. The topological polar surface area (TPSA) is 65.9 Å². The summed E-state index contributed by atoms with van der Waals surface area (Å²) < 4.78 is 13.2. The van der Waals surface area contributed by atoms with Crippen LogP contribution < -0.4 is 20.4 Å². The van der Waals surface area contributed by atoms with Gasteiger partial charge in [0, 0.05) is 31.0 Å². The molecule has 6 nitrogen and oxygen atoms in total. The molecule has 1 atom stereocenters. The number of quaternary nitrogens is 1. The highest BCUT2D eigenvalue weighted by atomic mass is 35.5. The second-order valence-corrected chi connectivity index (χ2v) is 7.32. The first-order chi connectivity index (χ1) is 13.2. The normalized spacial score (nSPS) is 11.8. The molecule has 0 radical (unpaired) electrons. The van der Waals surface area contributed by atoms with E-state index >= 15 is 0 Å². The Balaban J connectivity index is 1.99. The minimum Gasteiger partial charge on any atom is -0.378 e. The van der Waals surface area contributed by atoms with Gasteiger partial charge in [0.1, 0.15) is 11.9 Å². The van der Waals surface area contributed by atoms with Gasteiger partial charge in [0.15, 0.2) is 0 Å². The van der Waals surface area contributed by atoms with Gasteiger partial charge in [0.05, 0.1) is 25.7 Å². The van der Waals surface area contributed by atoms with E-state index in [1.165, 1.54) is 12.1 Å². The van der Waals surface area contributed by atoms with Gasteiger partial charge < -0.3 is 20.4 Å². The number of halogens is 2. The summed E-state index contributed by atoms with van der Waals surface area (Å²) in [5.74, 6) is -2.20. The molecule has 0 aliphatic heterocycles. The summed E-state index contributed by atoms with van der Waals surface area (Å²) in [5, 5.41) is 4.94. The van der Waals surface area contributed by atoms with Crippen LogP contribution in [-0.2, 0) is 9.59 Å². The number of hydrogen-bond donors (Lipinski definition) is 3. The van der Waals surface area contributed by atoms with Crippen molar-refractivity contribution < 1.29 is 18.9 Å². The number of hydrogen-bond acceptors (Lipinski definition) is 3. The van der Waals surface area contributed by atoms with E-state index in [2.05, 4.69) is 10.6 Å². The van der Waals surface area contributed by atoms with Crippen LogP contribution in [0.4, 0.5) is 15.8 Å². The summed E-state index contributed by atoms with van der Waals surface area (Å²) in [6, 6.07) is 11.7. The van der Waals surface area contributed by atoms with Crippen molar-refractivity contribution in [1.82, 2.24) is 5.32 Å². The van der Waals surface area contributed by atoms with Crippen molar-refractivity contribution in [2.75, 3.05) is 45.0 Å². The fraction of sp³-hybridized carbons (Fsp3) is 0.300. The van der Waals surface area contributed by atoms with Crippen molar-refractivity contribution in [1.29, 1.82) is 0 Å². The third-order valence-electron chi connectivity index (χ3n) is 4.36. The molecule has 2 amide bonds.